The van der Waals surface area contributed by atoms with Gasteiger partial charge in [0.2, 0.25) is 0 Å². The van der Waals surface area contributed by atoms with Crippen LogP contribution < -0.4 is 0 Å². The molecule has 5 nitrogen and oxygen atoms in total. The monoisotopic (exact) mass is 304 g/mol. The number of amides is 1. The fourth-order valence-corrected chi connectivity index (χ4v) is 2.64. The van der Waals surface area contributed by atoms with Crippen LogP contribution in [0.2, 0.25) is 0 Å². The third-order valence-corrected chi connectivity index (χ3v) is 3.81. The van der Waals surface area contributed by atoms with E-state index < -0.39 is 5.97 Å². The number of aryl methyl sites for hydroxylation is 1. The number of carboxylic acids is 1. The first kappa shape index (κ1) is 15.2. The summed E-state index contributed by atoms with van der Waals surface area (Å²) in [6.07, 6.45) is 0.668. The number of aromatic nitrogens is 1. The molecule has 0 atom stereocenters. The minimum Gasteiger partial charge on any atom is -0.480 e. The maximum atomic E-state index is 12.0. The van der Waals surface area contributed by atoms with Crippen molar-refractivity contribution in [3.8, 4) is 0 Å². The molecule has 0 radical (unpaired) electrons. The highest BCUT2D eigenvalue weighted by atomic mass is 32.1. The van der Waals surface area contributed by atoms with Gasteiger partial charge < -0.3 is 10.0 Å². The molecule has 0 spiro atoms. The number of aliphatic carboxylic acids is 1. The molecule has 1 amide bonds. The lowest BCUT2D eigenvalue weighted by Gasteiger charge is -2.12. The van der Waals surface area contributed by atoms with E-state index in [2.05, 4.69) is 4.98 Å². The molecule has 2 aromatic rings. The van der Waals surface area contributed by atoms with Crippen LogP contribution >= 0.6 is 11.3 Å². The van der Waals surface area contributed by atoms with Gasteiger partial charge in [-0.3, -0.25) is 9.59 Å². The van der Waals surface area contributed by atoms with Crippen molar-refractivity contribution in [2.75, 3.05) is 13.6 Å². The molecule has 0 aliphatic rings. The molecule has 0 bridgehead atoms. The maximum Gasteiger partial charge on any atom is 0.323 e. The van der Waals surface area contributed by atoms with Crippen molar-refractivity contribution in [1.29, 1.82) is 0 Å². The van der Waals surface area contributed by atoms with Gasteiger partial charge >= 0.3 is 5.97 Å². The van der Waals surface area contributed by atoms with Crippen LogP contribution in [0.3, 0.4) is 0 Å². The van der Waals surface area contributed by atoms with Gasteiger partial charge in [0.1, 0.15) is 12.2 Å². The lowest BCUT2D eigenvalue weighted by atomic mass is 10.1. The normalized spacial score (nSPS) is 10.4. The standard InChI is InChI=1S/C15H16N2O3S/c1-10-3-5-11(6-4-10)7-13-16-12(9-21-13)15(20)17(2)8-14(18)19/h3-6,9H,7-8H2,1-2H3,(H,18,19). The number of likely N-dealkylation sites (N-methyl/N-ethyl adjacent to an activating group) is 1. The van der Waals surface area contributed by atoms with Crippen LogP contribution in [0.1, 0.15) is 26.6 Å². The molecule has 2 rings (SSSR count). The molecule has 1 heterocycles. The molecule has 0 saturated carbocycles. The number of hydrogen-bond acceptors (Lipinski definition) is 4. The van der Waals surface area contributed by atoms with Gasteiger partial charge in [0, 0.05) is 18.8 Å². The van der Waals surface area contributed by atoms with Gasteiger partial charge in [0.05, 0.1) is 5.01 Å². The lowest BCUT2D eigenvalue weighted by molar-refractivity contribution is -0.137. The van der Waals surface area contributed by atoms with E-state index >= 15 is 0 Å². The van der Waals surface area contributed by atoms with Crippen molar-refractivity contribution in [3.63, 3.8) is 0 Å². The van der Waals surface area contributed by atoms with Crippen LogP contribution in [-0.2, 0) is 11.2 Å². The number of carbonyl (C=O) groups is 2. The molecule has 0 fully saturated rings. The molecular weight excluding hydrogens is 288 g/mol. The van der Waals surface area contributed by atoms with Gasteiger partial charge in [-0.15, -0.1) is 11.3 Å². The maximum absolute atomic E-state index is 12.0. The van der Waals surface area contributed by atoms with E-state index in [0.717, 1.165) is 15.5 Å². The van der Waals surface area contributed by atoms with E-state index in [1.165, 1.54) is 23.9 Å². The Morgan fingerprint density at radius 3 is 2.57 bits per heavy atom. The van der Waals surface area contributed by atoms with E-state index in [0.29, 0.717) is 12.1 Å². The Hall–Kier alpha value is -2.21. The highest BCUT2D eigenvalue weighted by molar-refractivity contribution is 7.09. The Kier molecular flexibility index (Phi) is 4.70. The highest BCUT2D eigenvalue weighted by Crippen LogP contribution is 2.16. The van der Waals surface area contributed by atoms with Gasteiger partial charge in [-0.25, -0.2) is 4.98 Å². The van der Waals surface area contributed by atoms with Crippen LogP contribution in [0.15, 0.2) is 29.6 Å². The molecule has 0 unspecified atom stereocenters. The summed E-state index contributed by atoms with van der Waals surface area (Å²) in [7, 11) is 1.45. The van der Waals surface area contributed by atoms with Crippen molar-refractivity contribution in [3.05, 3.63) is 51.5 Å². The molecule has 1 aromatic heterocycles. The first-order chi connectivity index (χ1) is 9.95. The Bertz CT molecular complexity index is 649. The Balaban J connectivity index is 2.05. The fourth-order valence-electron chi connectivity index (χ4n) is 1.84. The lowest BCUT2D eigenvalue weighted by Crippen LogP contribution is -2.32. The van der Waals surface area contributed by atoms with Gasteiger partial charge in [0.25, 0.3) is 5.91 Å². The molecule has 110 valence electrons. The van der Waals surface area contributed by atoms with E-state index in [1.54, 1.807) is 5.38 Å². The van der Waals surface area contributed by atoms with Crippen LogP contribution in [0.4, 0.5) is 0 Å². The summed E-state index contributed by atoms with van der Waals surface area (Å²) >= 11 is 1.41. The molecule has 6 heteroatoms. The van der Waals surface area contributed by atoms with Crippen LogP contribution in [-0.4, -0.2) is 40.5 Å². The fraction of sp³-hybridized carbons (Fsp3) is 0.267. The molecule has 0 aliphatic carbocycles. The number of carboxylic acid groups (broad SMARTS) is 1. The Morgan fingerprint density at radius 1 is 1.29 bits per heavy atom. The number of carbonyl (C=O) groups excluding carboxylic acids is 1. The zero-order valence-electron chi connectivity index (χ0n) is 11.9. The minimum atomic E-state index is -1.04. The third-order valence-electron chi connectivity index (χ3n) is 2.97. The third kappa shape index (κ3) is 4.13. The molecule has 1 N–H and O–H groups in total. The number of rotatable bonds is 5. The topological polar surface area (TPSA) is 70.5 Å². The average molecular weight is 304 g/mol. The van der Waals surface area contributed by atoms with E-state index in [1.807, 2.05) is 31.2 Å². The van der Waals surface area contributed by atoms with Crippen molar-refractivity contribution >= 4 is 23.2 Å². The SMILES string of the molecule is Cc1ccc(Cc2nc(C(=O)N(C)CC(=O)O)cs2)cc1. The average Bonchev–Trinajstić information content (AvgIpc) is 2.88. The summed E-state index contributed by atoms with van der Waals surface area (Å²) < 4.78 is 0. The van der Waals surface area contributed by atoms with E-state index in [9.17, 15) is 9.59 Å². The van der Waals surface area contributed by atoms with Gasteiger partial charge in [0.15, 0.2) is 0 Å². The van der Waals surface area contributed by atoms with Crippen molar-refractivity contribution in [2.24, 2.45) is 0 Å². The minimum absolute atomic E-state index is 0.297. The largest absolute Gasteiger partial charge is 0.480 e. The second kappa shape index (κ2) is 6.49. The van der Waals surface area contributed by atoms with E-state index in [4.69, 9.17) is 5.11 Å². The second-order valence-electron chi connectivity index (χ2n) is 4.84. The molecule has 1 aromatic carbocycles. The molecule has 21 heavy (non-hydrogen) atoms. The van der Waals surface area contributed by atoms with Crippen LogP contribution in [0, 0.1) is 6.92 Å². The second-order valence-corrected chi connectivity index (χ2v) is 5.79. The molecular formula is C15H16N2O3S. The summed E-state index contributed by atoms with van der Waals surface area (Å²) in [6, 6.07) is 8.15. The van der Waals surface area contributed by atoms with Gasteiger partial charge in [-0.1, -0.05) is 29.8 Å². The molecule has 0 aliphatic heterocycles. The van der Waals surface area contributed by atoms with Crippen molar-refractivity contribution in [1.82, 2.24) is 9.88 Å². The summed E-state index contributed by atoms with van der Waals surface area (Å²) in [5.74, 6) is -1.41. The summed E-state index contributed by atoms with van der Waals surface area (Å²) in [6.45, 7) is 1.70. The number of thiazole rings is 1. The summed E-state index contributed by atoms with van der Waals surface area (Å²) in [5, 5.41) is 11.2. The summed E-state index contributed by atoms with van der Waals surface area (Å²) in [5.41, 5.74) is 2.63. The highest BCUT2D eigenvalue weighted by Gasteiger charge is 2.17. The molecule has 0 saturated heterocycles. The smallest absolute Gasteiger partial charge is 0.323 e. The predicted octanol–water partition coefficient (Wildman–Crippen LogP) is 2.20. The Labute approximate surface area is 126 Å². The van der Waals surface area contributed by atoms with Gasteiger partial charge in [-0.2, -0.15) is 0 Å². The number of nitrogens with zero attached hydrogens (tertiary/aromatic N) is 2. The first-order valence-corrected chi connectivity index (χ1v) is 7.31. The quantitative estimate of drug-likeness (QED) is 0.919. The zero-order valence-corrected chi connectivity index (χ0v) is 12.7. The number of hydrogen-bond donors (Lipinski definition) is 1. The summed E-state index contributed by atoms with van der Waals surface area (Å²) in [4.78, 5) is 28.0. The van der Waals surface area contributed by atoms with Gasteiger partial charge in [-0.05, 0) is 12.5 Å². The van der Waals surface area contributed by atoms with Crippen LogP contribution in [0.25, 0.3) is 0 Å². The van der Waals surface area contributed by atoms with Crippen molar-refractivity contribution < 1.29 is 14.7 Å². The Morgan fingerprint density at radius 2 is 1.95 bits per heavy atom. The van der Waals surface area contributed by atoms with E-state index in [-0.39, 0.29) is 12.5 Å². The van der Waals surface area contributed by atoms with Crippen molar-refractivity contribution in [2.45, 2.75) is 13.3 Å². The zero-order chi connectivity index (χ0) is 15.4. The first-order valence-electron chi connectivity index (χ1n) is 6.43. The number of benzene rings is 1. The van der Waals surface area contributed by atoms with Crippen LogP contribution in [0.5, 0.6) is 0 Å². The predicted molar refractivity (Wildman–Crippen MR) is 80.7 cm³/mol.